The van der Waals surface area contributed by atoms with Gasteiger partial charge in [0.2, 0.25) is 11.8 Å². The highest BCUT2D eigenvalue weighted by Crippen LogP contribution is 2.23. The molecule has 0 aliphatic heterocycles. The molecule has 4 nitrogen and oxygen atoms in total. The zero-order valence-corrected chi connectivity index (χ0v) is 19.8. The lowest BCUT2D eigenvalue weighted by atomic mass is 10.0. The van der Waals surface area contributed by atoms with E-state index in [1.54, 1.807) is 11.9 Å². The molecule has 2 amide bonds. The average Bonchev–Trinajstić information content (AvgIpc) is 2.81. The van der Waals surface area contributed by atoms with Gasteiger partial charge < -0.3 is 10.2 Å². The van der Waals surface area contributed by atoms with Crippen molar-refractivity contribution in [2.75, 3.05) is 12.8 Å². The van der Waals surface area contributed by atoms with Gasteiger partial charge in [-0.3, -0.25) is 9.59 Å². The summed E-state index contributed by atoms with van der Waals surface area (Å²) in [5.74, 6) is -0.0298. The highest BCUT2D eigenvalue weighted by Gasteiger charge is 2.29. The molecule has 0 aliphatic rings. The molecule has 0 heterocycles. The van der Waals surface area contributed by atoms with Crippen LogP contribution >= 0.6 is 23.4 Å². The van der Waals surface area contributed by atoms with Gasteiger partial charge >= 0.3 is 0 Å². The lowest BCUT2D eigenvalue weighted by Crippen LogP contribution is -2.50. The molecule has 3 rings (SSSR count). The fourth-order valence-corrected chi connectivity index (χ4v) is 4.40. The average molecular weight is 467 g/mol. The van der Waals surface area contributed by atoms with Gasteiger partial charge in [-0.1, -0.05) is 71.8 Å². The highest BCUT2D eigenvalue weighted by molar-refractivity contribution is 8.00. The molecule has 3 aromatic rings. The van der Waals surface area contributed by atoms with Gasteiger partial charge in [0.25, 0.3) is 0 Å². The number of amides is 2. The maximum absolute atomic E-state index is 13.4. The number of nitrogens with one attached hydrogen (secondary N) is 1. The van der Waals surface area contributed by atoms with Gasteiger partial charge in [0.05, 0.1) is 5.75 Å². The van der Waals surface area contributed by atoms with E-state index >= 15 is 0 Å². The van der Waals surface area contributed by atoms with Crippen molar-refractivity contribution in [3.8, 4) is 0 Å². The number of hydrogen-bond acceptors (Lipinski definition) is 3. The summed E-state index contributed by atoms with van der Waals surface area (Å²) in [4.78, 5) is 29.0. The molecule has 0 unspecified atom stereocenters. The van der Waals surface area contributed by atoms with Crippen LogP contribution in [0.25, 0.3) is 0 Å². The number of carbonyl (C=O) groups excluding carboxylic acids is 2. The quantitative estimate of drug-likeness (QED) is 0.445. The van der Waals surface area contributed by atoms with Crippen LogP contribution in [0.4, 0.5) is 0 Å². The Hall–Kier alpha value is -2.76. The second kappa shape index (κ2) is 11.7. The van der Waals surface area contributed by atoms with Gasteiger partial charge in [0, 0.05) is 29.9 Å². The van der Waals surface area contributed by atoms with E-state index in [9.17, 15) is 9.59 Å². The van der Waals surface area contributed by atoms with Crippen LogP contribution in [-0.2, 0) is 22.6 Å². The van der Waals surface area contributed by atoms with E-state index in [1.807, 2.05) is 79.7 Å². The Kier molecular flexibility index (Phi) is 8.77. The van der Waals surface area contributed by atoms with Crippen LogP contribution in [0.3, 0.4) is 0 Å². The Labute approximate surface area is 199 Å². The molecule has 1 N–H and O–H groups in total. The molecular formula is C26H27ClN2O2S. The Morgan fingerprint density at radius 1 is 0.969 bits per heavy atom. The van der Waals surface area contributed by atoms with E-state index in [0.717, 1.165) is 21.6 Å². The molecule has 3 aromatic carbocycles. The fraction of sp³-hybridized carbons (Fsp3) is 0.231. The zero-order valence-electron chi connectivity index (χ0n) is 18.3. The summed E-state index contributed by atoms with van der Waals surface area (Å²) >= 11 is 7.41. The van der Waals surface area contributed by atoms with Crippen molar-refractivity contribution in [3.63, 3.8) is 0 Å². The standard InChI is InChI=1S/C26H27ClN2O2S/c1-19-7-6-10-21(15-19)17-29(25(30)18-32-23-13-11-22(27)12-14-23)24(26(31)28-2)16-20-8-4-3-5-9-20/h3-15,24H,16-18H2,1-2H3,(H,28,31)/t24-/m1/s1. The van der Waals surface area contributed by atoms with Crippen molar-refractivity contribution in [1.82, 2.24) is 10.2 Å². The van der Waals surface area contributed by atoms with Gasteiger partial charge in [-0.05, 0) is 42.3 Å². The number of thioether (sulfide) groups is 1. The summed E-state index contributed by atoms with van der Waals surface area (Å²) in [6.45, 7) is 2.39. The molecule has 0 bridgehead atoms. The van der Waals surface area contributed by atoms with E-state index in [1.165, 1.54) is 11.8 Å². The number of benzene rings is 3. The molecule has 166 valence electrons. The normalized spacial score (nSPS) is 11.6. The second-order valence-electron chi connectivity index (χ2n) is 7.57. The summed E-state index contributed by atoms with van der Waals surface area (Å²) in [6, 6.07) is 24.6. The summed E-state index contributed by atoms with van der Waals surface area (Å²) in [6.07, 6.45) is 0.448. The van der Waals surface area contributed by atoms with Crippen LogP contribution in [0.5, 0.6) is 0 Å². The van der Waals surface area contributed by atoms with Crippen molar-refractivity contribution in [3.05, 3.63) is 101 Å². The minimum atomic E-state index is -0.610. The Morgan fingerprint density at radius 2 is 1.66 bits per heavy atom. The summed E-state index contributed by atoms with van der Waals surface area (Å²) in [7, 11) is 1.61. The minimum absolute atomic E-state index is 0.0870. The van der Waals surface area contributed by atoms with E-state index in [2.05, 4.69) is 11.4 Å². The van der Waals surface area contributed by atoms with Crippen molar-refractivity contribution in [2.45, 2.75) is 30.8 Å². The van der Waals surface area contributed by atoms with E-state index in [-0.39, 0.29) is 17.6 Å². The van der Waals surface area contributed by atoms with E-state index in [4.69, 9.17) is 11.6 Å². The van der Waals surface area contributed by atoms with Gasteiger partial charge in [-0.2, -0.15) is 0 Å². The molecule has 0 aromatic heterocycles. The second-order valence-corrected chi connectivity index (χ2v) is 9.06. The fourth-order valence-electron chi connectivity index (χ4n) is 3.49. The number of halogens is 1. The number of hydrogen-bond donors (Lipinski definition) is 1. The molecule has 0 fully saturated rings. The molecule has 0 radical (unpaired) electrons. The molecule has 0 aliphatic carbocycles. The third-order valence-corrected chi connectivity index (χ3v) is 6.38. The molecule has 1 atom stereocenters. The van der Waals surface area contributed by atoms with Gasteiger partial charge in [-0.25, -0.2) is 0 Å². The predicted octanol–water partition coefficient (Wildman–Crippen LogP) is 5.13. The Balaban J connectivity index is 1.86. The lowest BCUT2D eigenvalue weighted by molar-refractivity contribution is -0.139. The smallest absolute Gasteiger partial charge is 0.242 e. The minimum Gasteiger partial charge on any atom is -0.357 e. The predicted molar refractivity (Wildman–Crippen MR) is 132 cm³/mol. The van der Waals surface area contributed by atoms with Gasteiger partial charge in [-0.15, -0.1) is 11.8 Å². The zero-order chi connectivity index (χ0) is 22.9. The Bertz CT molecular complexity index is 1040. The number of carbonyl (C=O) groups is 2. The van der Waals surface area contributed by atoms with Crippen LogP contribution in [0.2, 0.25) is 5.02 Å². The molecular weight excluding hydrogens is 440 g/mol. The summed E-state index contributed by atoms with van der Waals surface area (Å²) in [5.41, 5.74) is 3.12. The van der Waals surface area contributed by atoms with Crippen molar-refractivity contribution in [2.24, 2.45) is 0 Å². The first-order valence-electron chi connectivity index (χ1n) is 10.4. The van der Waals surface area contributed by atoms with Crippen LogP contribution in [0, 0.1) is 6.92 Å². The molecule has 0 saturated heterocycles. The van der Waals surface area contributed by atoms with Crippen molar-refractivity contribution >= 4 is 35.2 Å². The number of nitrogens with zero attached hydrogens (tertiary/aromatic N) is 1. The first kappa shape index (κ1) is 23.9. The van der Waals surface area contributed by atoms with Gasteiger partial charge in [0.1, 0.15) is 6.04 Å². The third-order valence-electron chi connectivity index (χ3n) is 5.13. The first-order valence-corrected chi connectivity index (χ1v) is 11.8. The third kappa shape index (κ3) is 6.87. The molecule has 0 spiro atoms. The van der Waals surface area contributed by atoms with Gasteiger partial charge in [0.15, 0.2) is 0 Å². The molecule has 0 saturated carbocycles. The summed E-state index contributed by atoms with van der Waals surface area (Å²) < 4.78 is 0. The van der Waals surface area contributed by atoms with Crippen molar-refractivity contribution in [1.29, 1.82) is 0 Å². The number of rotatable bonds is 9. The Morgan fingerprint density at radius 3 is 2.31 bits per heavy atom. The summed E-state index contributed by atoms with van der Waals surface area (Å²) in [5, 5.41) is 3.40. The maximum Gasteiger partial charge on any atom is 0.242 e. The molecule has 32 heavy (non-hydrogen) atoms. The van der Waals surface area contributed by atoms with Crippen LogP contribution < -0.4 is 5.32 Å². The highest BCUT2D eigenvalue weighted by atomic mass is 35.5. The maximum atomic E-state index is 13.4. The topological polar surface area (TPSA) is 49.4 Å². The van der Waals surface area contributed by atoms with Crippen LogP contribution in [0.15, 0.2) is 83.8 Å². The molecule has 6 heteroatoms. The number of likely N-dealkylation sites (N-methyl/N-ethyl adjacent to an activating group) is 1. The largest absolute Gasteiger partial charge is 0.357 e. The van der Waals surface area contributed by atoms with E-state index in [0.29, 0.717) is 18.0 Å². The van der Waals surface area contributed by atoms with Crippen LogP contribution in [0.1, 0.15) is 16.7 Å². The van der Waals surface area contributed by atoms with Crippen LogP contribution in [-0.4, -0.2) is 35.6 Å². The van der Waals surface area contributed by atoms with E-state index < -0.39 is 6.04 Å². The monoisotopic (exact) mass is 466 g/mol. The first-order chi connectivity index (χ1) is 15.5. The number of aryl methyl sites for hydroxylation is 1. The van der Waals surface area contributed by atoms with Crippen molar-refractivity contribution < 1.29 is 9.59 Å². The lowest BCUT2D eigenvalue weighted by Gasteiger charge is -2.31. The SMILES string of the molecule is CNC(=O)[C@@H](Cc1ccccc1)N(Cc1cccc(C)c1)C(=O)CSc1ccc(Cl)cc1.